The number of carbonyl (C=O) groups excluding carboxylic acids is 2. The number of likely N-dealkylation sites (tertiary alicyclic amines) is 2. The predicted octanol–water partition coefficient (Wildman–Crippen LogP) is 5.56. The molecule has 0 radical (unpaired) electrons. The molecule has 6 rings (SSSR count). The number of piperidine rings is 1. The van der Waals surface area contributed by atoms with Gasteiger partial charge in [-0.25, -0.2) is 4.79 Å². The summed E-state index contributed by atoms with van der Waals surface area (Å²) in [6.45, 7) is 3.05. The van der Waals surface area contributed by atoms with Gasteiger partial charge in [0.1, 0.15) is 0 Å². The van der Waals surface area contributed by atoms with Gasteiger partial charge in [0.05, 0.1) is 6.04 Å². The van der Waals surface area contributed by atoms with Gasteiger partial charge in [-0.2, -0.15) is 11.3 Å². The topological polar surface area (TPSA) is 52.7 Å². The summed E-state index contributed by atoms with van der Waals surface area (Å²) in [6, 6.07) is 18.6. The summed E-state index contributed by atoms with van der Waals surface area (Å²) in [6.07, 6.45) is 6.48. The van der Waals surface area contributed by atoms with Gasteiger partial charge in [0.15, 0.2) is 0 Å². The fourth-order valence-corrected chi connectivity index (χ4v) is 6.52. The van der Waals surface area contributed by atoms with E-state index in [0.717, 1.165) is 51.0 Å². The largest absolute Gasteiger partial charge is 0.339 e. The van der Waals surface area contributed by atoms with Crippen LogP contribution in [-0.2, 0) is 4.79 Å². The Bertz CT molecular complexity index is 1230. The third kappa shape index (κ3) is 4.16. The molecule has 3 aliphatic rings. The van der Waals surface area contributed by atoms with Crippen LogP contribution in [0.4, 0.5) is 4.79 Å². The molecule has 3 amide bonds. The van der Waals surface area contributed by atoms with Crippen LogP contribution >= 0.6 is 11.3 Å². The van der Waals surface area contributed by atoms with E-state index >= 15 is 0 Å². The summed E-state index contributed by atoms with van der Waals surface area (Å²) >= 11 is 1.63. The molecule has 0 atom stereocenters. The van der Waals surface area contributed by atoms with Crippen LogP contribution in [0.25, 0.3) is 17.2 Å². The van der Waals surface area contributed by atoms with Gasteiger partial charge < -0.3 is 15.1 Å². The van der Waals surface area contributed by atoms with Crippen molar-refractivity contribution in [2.45, 2.75) is 25.3 Å². The minimum atomic E-state index is -0.110. The fourth-order valence-electron chi connectivity index (χ4n) is 5.89. The number of benzene rings is 2. The summed E-state index contributed by atoms with van der Waals surface area (Å²) in [5, 5.41) is 7.38. The highest BCUT2D eigenvalue weighted by atomic mass is 32.1. The number of fused-ring (bicyclic) bond motifs is 3. The van der Waals surface area contributed by atoms with Gasteiger partial charge in [0.25, 0.3) is 0 Å². The van der Waals surface area contributed by atoms with Crippen LogP contribution in [0.3, 0.4) is 0 Å². The Labute approximate surface area is 210 Å². The van der Waals surface area contributed by atoms with Gasteiger partial charge in [0, 0.05) is 32.3 Å². The molecule has 1 aromatic heterocycles. The monoisotopic (exact) mass is 483 g/mol. The molecule has 0 unspecified atom stereocenters. The number of carbonyl (C=O) groups is 2. The van der Waals surface area contributed by atoms with Crippen LogP contribution in [0.5, 0.6) is 0 Å². The van der Waals surface area contributed by atoms with Crippen LogP contribution in [0.15, 0.2) is 71.4 Å². The normalized spacial score (nSPS) is 18.7. The van der Waals surface area contributed by atoms with Crippen molar-refractivity contribution < 1.29 is 9.59 Å². The van der Waals surface area contributed by atoms with Crippen LogP contribution in [0, 0.1) is 5.41 Å². The first-order valence-corrected chi connectivity index (χ1v) is 13.3. The summed E-state index contributed by atoms with van der Waals surface area (Å²) in [5.74, 6) is 0.0808. The molecule has 2 aliphatic heterocycles. The Hall–Kier alpha value is -3.38. The number of nitrogens with one attached hydrogen (secondary N) is 1. The lowest BCUT2D eigenvalue weighted by molar-refractivity contribution is -0.128. The summed E-state index contributed by atoms with van der Waals surface area (Å²) in [7, 11) is 0. The van der Waals surface area contributed by atoms with Crippen molar-refractivity contribution >= 4 is 29.4 Å². The Kier molecular flexibility index (Phi) is 5.69. The zero-order valence-electron chi connectivity index (χ0n) is 19.7. The molecule has 35 heavy (non-hydrogen) atoms. The average Bonchev–Trinajstić information content (AvgIpc) is 3.63. The Morgan fingerprint density at radius 3 is 2.14 bits per heavy atom. The van der Waals surface area contributed by atoms with E-state index in [4.69, 9.17) is 0 Å². The fraction of sp³-hybridized carbons (Fsp3) is 0.310. The molecule has 1 N–H and O–H groups in total. The lowest BCUT2D eigenvalue weighted by Crippen LogP contribution is -2.45. The smallest absolute Gasteiger partial charge is 0.318 e. The summed E-state index contributed by atoms with van der Waals surface area (Å²) in [4.78, 5) is 29.9. The van der Waals surface area contributed by atoms with Gasteiger partial charge in [-0.15, -0.1) is 0 Å². The van der Waals surface area contributed by atoms with Crippen molar-refractivity contribution in [3.05, 3.63) is 88.1 Å². The quantitative estimate of drug-likeness (QED) is 0.496. The number of thiophene rings is 1. The van der Waals surface area contributed by atoms with Gasteiger partial charge in [-0.05, 0) is 75.4 Å². The molecule has 6 heteroatoms. The zero-order chi connectivity index (χ0) is 23.8. The number of hydrogen-bond donors (Lipinski definition) is 1. The highest BCUT2D eigenvalue weighted by Crippen LogP contribution is 2.44. The molecular formula is C29H29N3O2S. The number of amides is 3. The Morgan fingerprint density at radius 2 is 1.51 bits per heavy atom. The second kappa shape index (κ2) is 9.00. The SMILES string of the molecule is O=C(/C=C/c1ccsc1)N1CCC2(CC1)CCN(C(=O)NC1c3ccccc3-c3ccccc31)C2. The zero-order valence-corrected chi connectivity index (χ0v) is 20.5. The molecular weight excluding hydrogens is 454 g/mol. The van der Waals surface area contributed by atoms with Crippen molar-refractivity contribution in [3.63, 3.8) is 0 Å². The third-order valence-corrected chi connectivity index (χ3v) is 8.63. The summed E-state index contributed by atoms with van der Waals surface area (Å²) < 4.78 is 0. The van der Waals surface area contributed by atoms with E-state index in [1.54, 1.807) is 17.4 Å². The van der Waals surface area contributed by atoms with Crippen LogP contribution in [-0.4, -0.2) is 47.9 Å². The standard InChI is InChI=1S/C29H29N3O2S/c33-26(10-9-21-11-18-35-19-21)31-15-12-29(13-16-31)14-17-32(20-29)28(34)30-27-24-7-3-1-5-22(24)23-6-2-4-8-25(23)27/h1-11,18-19,27H,12-17,20H2,(H,30,34)/b10-9+. The minimum Gasteiger partial charge on any atom is -0.339 e. The van der Waals surface area contributed by atoms with Crippen LogP contribution < -0.4 is 5.32 Å². The maximum atomic E-state index is 13.4. The van der Waals surface area contributed by atoms with Crippen molar-refractivity contribution in [1.82, 2.24) is 15.1 Å². The molecule has 1 aliphatic carbocycles. The highest BCUT2D eigenvalue weighted by molar-refractivity contribution is 7.08. The van der Waals surface area contributed by atoms with E-state index in [0.29, 0.717) is 0 Å². The molecule has 178 valence electrons. The van der Waals surface area contributed by atoms with Crippen LogP contribution in [0.2, 0.25) is 0 Å². The lowest BCUT2D eigenvalue weighted by atomic mass is 9.78. The molecule has 2 aromatic carbocycles. The molecule has 0 saturated carbocycles. The number of urea groups is 1. The molecule has 2 saturated heterocycles. The minimum absolute atomic E-state index is 0.00980. The van der Waals surface area contributed by atoms with E-state index in [1.165, 1.54) is 22.3 Å². The molecule has 3 aromatic rings. The molecule has 2 fully saturated rings. The van der Waals surface area contributed by atoms with Crippen LogP contribution in [0.1, 0.15) is 42.0 Å². The van der Waals surface area contributed by atoms with Crippen molar-refractivity contribution in [3.8, 4) is 11.1 Å². The van der Waals surface area contributed by atoms with E-state index in [9.17, 15) is 9.59 Å². The molecule has 3 heterocycles. The maximum Gasteiger partial charge on any atom is 0.318 e. The number of rotatable bonds is 3. The Balaban J connectivity index is 1.08. The number of nitrogens with zero attached hydrogens (tertiary/aromatic N) is 2. The van der Waals surface area contributed by atoms with E-state index < -0.39 is 0 Å². The van der Waals surface area contributed by atoms with E-state index in [-0.39, 0.29) is 23.4 Å². The molecule has 1 spiro atoms. The average molecular weight is 484 g/mol. The van der Waals surface area contributed by atoms with Crippen molar-refractivity contribution in [2.75, 3.05) is 26.2 Å². The predicted molar refractivity (Wildman–Crippen MR) is 140 cm³/mol. The van der Waals surface area contributed by atoms with Gasteiger partial charge >= 0.3 is 6.03 Å². The van der Waals surface area contributed by atoms with E-state index in [2.05, 4.69) is 41.7 Å². The third-order valence-electron chi connectivity index (χ3n) is 7.92. The molecule has 0 bridgehead atoms. The summed E-state index contributed by atoms with van der Waals surface area (Å²) in [5.41, 5.74) is 5.93. The second-order valence-corrected chi connectivity index (χ2v) is 10.7. The van der Waals surface area contributed by atoms with Gasteiger partial charge in [0.2, 0.25) is 5.91 Å². The highest BCUT2D eigenvalue weighted by Gasteiger charge is 2.43. The number of hydrogen-bond acceptors (Lipinski definition) is 3. The van der Waals surface area contributed by atoms with Gasteiger partial charge in [-0.1, -0.05) is 48.5 Å². The molecule has 5 nitrogen and oxygen atoms in total. The maximum absolute atomic E-state index is 13.4. The van der Waals surface area contributed by atoms with E-state index in [1.807, 2.05) is 44.8 Å². The van der Waals surface area contributed by atoms with Crippen molar-refractivity contribution in [1.29, 1.82) is 0 Å². The first-order chi connectivity index (χ1) is 17.1. The first kappa shape index (κ1) is 22.1. The Morgan fingerprint density at radius 1 is 0.886 bits per heavy atom. The van der Waals surface area contributed by atoms with Crippen molar-refractivity contribution in [2.24, 2.45) is 5.41 Å². The lowest BCUT2D eigenvalue weighted by Gasteiger charge is -2.39. The second-order valence-electron chi connectivity index (χ2n) is 9.94. The van der Waals surface area contributed by atoms with Gasteiger partial charge in [-0.3, -0.25) is 4.79 Å². The first-order valence-electron chi connectivity index (χ1n) is 12.3.